The molecule has 5 nitrogen and oxygen atoms in total. The first-order valence-electron chi connectivity index (χ1n) is 8.28. The van der Waals surface area contributed by atoms with Gasteiger partial charge in [0.15, 0.2) is 0 Å². The summed E-state index contributed by atoms with van der Waals surface area (Å²) in [5.74, 6) is 0.343. The normalized spacial score (nSPS) is 17.2. The van der Waals surface area contributed by atoms with Gasteiger partial charge in [0.05, 0.1) is 19.2 Å². The number of likely N-dealkylation sites (tertiary alicyclic amines) is 1. The van der Waals surface area contributed by atoms with E-state index >= 15 is 0 Å². The highest BCUT2D eigenvalue weighted by Gasteiger charge is 2.32. The molecule has 0 atom stereocenters. The molecule has 0 radical (unpaired) electrons. The summed E-state index contributed by atoms with van der Waals surface area (Å²) in [6.07, 6.45) is 0.221. The van der Waals surface area contributed by atoms with Crippen LogP contribution < -0.4 is 5.32 Å². The summed E-state index contributed by atoms with van der Waals surface area (Å²) < 4.78 is 38.8. The topological polar surface area (TPSA) is 50.2 Å². The average molecular weight is 346 g/mol. The Labute approximate surface area is 140 Å². The van der Waals surface area contributed by atoms with Crippen LogP contribution in [0.4, 0.5) is 13.2 Å². The van der Waals surface area contributed by atoms with E-state index in [1.807, 2.05) is 14.0 Å². The van der Waals surface area contributed by atoms with Gasteiger partial charge in [-0.05, 0) is 45.2 Å². The first-order chi connectivity index (χ1) is 11.2. The lowest BCUT2D eigenvalue weighted by Gasteiger charge is -2.32. The molecule has 2 heterocycles. The van der Waals surface area contributed by atoms with Gasteiger partial charge in [-0.25, -0.2) is 0 Å². The maximum Gasteiger partial charge on any atom is 0.401 e. The second-order valence-corrected chi connectivity index (χ2v) is 6.53. The Kier molecular flexibility index (Phi) is 6.26. The highest BCUT2D eigenvalue weighted by Crippen LogP contribution is 2.23. The van der Waals surface area contributed by atoms with Crippen molar-refractivity contribution >= 4 is 5.91 Å². The molecule has 1 aromatic heterocycles. The second-order valence-electron chi connectivity index (χ2n) is 6.53. The van der Waals surface area contributed by atoms with Gasteiger partial charge in [0.1, 0.15) is 0 Å². The molecule has 136 valence electrons. The zero-order valence-corrected chi connectivity index (χ0v) is 14.2. The third-order valence-electron chi connectivity index (χ3n) is 4.67. The maximum absolute atomic E-state index is 12.3. The fourth-order valence-electron chi connectivity index (χ4n) is 3.06. The lowest BCUT2D eigenvalue weighted by molar-refractivity contribution is -0.148. The van der Waals surface area contributed by atoms with Crippen molar-refractivity contribution in [1.29, 1.82) is 0 Å². The zero-order valence-electron chi connectivity index (χ0n) is 14.2. The van der Waals surface area contributed by atoms with Crippen LogP contribution >= 0.6 is 0 Å². The first-order valence-corrected chi connectivity index (χ1v) is 8.28. The summed E-state index contributed by atoms with van der Waals surface area (Å²) >= 11 is 0. The molecule has 1 fully saturated rings. The van der Waals surface area contributed by atoms with Gasteiger partial charge in [-0.2, -0.15) is 18.3 Å². The number of nitrogens with one attached hydrogen (secondary N) is 1. The van der Waals surface area contributed by atoms with Crippen LogP contribution in [0.5, 0.6) is 0 Å². The molecular formula is C16H25F3N4O. The maximum atomic E-state index is 12.3. The lowest BCUT2D eigenvalue weighted by Crippen LogP contribution is -2.40. The van der Waals surface area contributed by atoms with Crippen molar-refractivity contribution in [2.45, 2.75) is 38.8 Å². The number of hydrogen-bond acceptors (Lipinski definition) is 3. The fraction of sp³-hybridized carbons (Fsp3) is 0.750. The van der Waals surface area contributed by atoms with Crippen molar-refractivity contribution in [3.8, 4) is 0 Å². The van der Waals surface area contributed by atoms with Crippen LogP contribution in [0.15, 0.2) is 6.20 Å². The van der Waals surface area contributed by atoms with Crippen LogP contribution in [-0.2, 0) is 18.3 Å². The van der Waals surface area contributed by atoms with Crippen molar-refractivity contribution in [1.82, 2.24) is 20.0 Å². The Morgan fingerprint density at radius 2 is 2.04 bits per heavy atom. The van der Waals surface area contributed by atoms with E-state index in [0.717, 1.165) is 30.5 Å². The van der Waals surface area contributed by atoms with E-state index in [1.165, 1.54) is 4.90 Å². The van der Waals surface area contributed by atoms with Gasteiger partial charge >= 0.3 is 6.18 Å². The molecule has 1 N–H and O–H groups in total. The average Bonchev–Trinajstić information content (AvgIpc) is 2.79. The van der Waals surface area contributed by atoms with Gasteiger partial charge in [-0.15, -0.1) is 0 Å². The van der Waals surface area contributed by atoms with Crippen LogP contribution in [0.1, 0.15) is 30.5 Å². The monoisotopic (exact) mass is 346 g/mol. The van der Waals surface area contributed by atoms with Crippen molar-refractivity contribution in [3.63, 3.8) is 0 Å². The number of piperidine rings is 1. The Morgan fingerprint density at radius 1 is 1.38 bits per heavy atom. The molecule has 1 amide bonds. The molecule has 1 aromatic rings. The van der Waals surface area contributed by atoms with E-state index in [4.69, 9.17) is 0 Å². The quantitative estimate of drug-likeness (QED) is 0.858. The number of halogens is 3. The molecule has 0 aliphatic carbocycles. The standard InChI is InChI=1S/C16H25F3N4O/c1-12-14(10-21-22(12)2)9-15(24)20-6-3-13-4-7-23(8-5-13)11-16(17,18)19/h10,13H,3-9,11H2,1-2H3,(H,20,24). The van der Waals surface area contributed by atoms with Crippen LogP contribution in [0, 0.1) is 12.8 Å². The molecule has 0 spiro atoms. The summed E-state index contributed by atoms with van der Waals surface area (Å²) in [5.41, 5.74) is 1.89. The summed E-state index contributed by atoms with van der Waals surface area (Å²) in [5, 5.41) is 7.00. The summed E-state index contributed by atoms with van der Waals surface area (Å²) in [7, 11) is 1.84. The molecule has 0 unspecified atom stereocenters. The zero-order chi connectivity index (χ0) is 17.7. The van der Waals surface area contributed by atoms with Crippen LogP contribution in [0.25, 0.3) is 0 Å². The predicted molar refractivity (Wildman–Crippen MR) is 84.5 cm³/mol. The molecule has 1 aliphatic heterocycles. The summed E-state index contributed by atoms with van der Waals surface area (Å²) in [6, 6.07) is 0. The van der Waals surface area contributed by atoms with E-state index in [2.05, 4.69) is 10.4 Å². The van der Waals surface area contributed by atoms with E-state index in [-0.39, 0.29) is 5.91 Å². The van der Waals surface area contributed by atoms with Crippen LogP contribution in [0.3, 0.4) is 0 Å². The number of nitrogens with zero attached hydrogens (tertiary/aromatic N) is 3. The number of rotatable bonds is 6. The van der Waals surface area contributed by atoms with Crippen LogP contribution in [-0.4, -0.2) is 52.9 Å². The Hall–Kier alpha value is -1.57. The van der Waals surface area contributed by atoms with E-state index in [9.17, 15) is 18.0 Å². The van der Waals surface area contributed by atoms with Gasteiger partial charge in [0.25, 0.3) is 0 Å². The van der Waals surface area contributed by atoms with Crippen molar-refractivity contribution < 1.29 is 18.0 Å². The van der Waals surface area contributed by atoms with Gasteiger partial charge in [0.2, 0.25) is 5.91 Å². The van der Waals surface area contributed by atoms with Crippen molar-refractivity contribution in [2.24, 2.45) is 13.0 Å². The second kappa shape index (κ2) is 8.00. The summed E-state index contributed by atoms with van der Waals surface area (Å²) in [4.78, 5) is 13.4. The Bertz CT molecular complexity index is 548. The molecule has 8 heteroatoms. The van der Waals surface area contributed by atoms with Gasteiger partial charge in [0, 0.05) is 24.8 Å². The first kappa shape index (κ1) is 18.8. The number of alkyl halides is 3. The van der Waals surface area contributed by atoms with E-state index in [0.29, 0.717) is 32.0 Å². The number of aryl methyl sites for hydroxylation is 1. The van der Waals surface area contributed by atoms with E-state index < -0.39 is 12.7 Å². The van der Waals surface area contributed by atoms with Gasteiger partial charge in [-0.3, -0.25) is 14.4 Å². The molecule has 1 aliphatic rings. The molecular weight excluding hydrogens is 321 g/mol. The van der Waals surface area contributed by atoms with Gasteiger partial charge in [-0.1, -0.05) is 0 Å². The Balaban J connectivity index is 1.63. The molecule has 1 saturated heterocycles. The molecule has 0 bridgehead atoms. The smallest absolute Gasteiger partial charge is 0.356 e. The number of carbonyl (C=O) groups excluding carboxylic acids is 1. The highest BCUT2D eigenvalue weighted by atomic mass is 19.4. The number of amides is 1. The molecule has 0 saturated carbocycles. The number of hydrogen-bond donors (Lipinski definition) is 1. The SMILES string of the molecule is Cc1c(CC(=O)NCCC2CCN(CC(F)(F)F)CC2)cnn1C. The third kappa shape index (κ3) is 5.81. The third-order valence-corrected chi connectivity index (χ3v) is 4.67. The fourth-order valence-corrected chi connectivity index (χ4v) is 3.06. The highest BCUT2D eigenvalue weighted by molar-refractivity contribution is 5.78. The summed E-state index contributed by atoms with van der Waals surface area (Å²) in [6.45, 7) is 2.63. The Morgan fingerprint density at radius 3 is 2.58 bits per heavy atom. The van der Waals surface area contributed by atoms with E-state index in [1.54, 1.807) is 10.9 Å². The number of carbonyl (C=O) groups is 1. The van der Waals surface area contributed by atoms with Crippen LogP contribution in [0.2, 0.25) is 0 Å². The minimum Gasteiger partial charge on any atom is -0.356 e. The van der Waals surface area contributed by atoms with Crippen molar-refractivity contribution in [2.75, 3.05) is 26.2 Å². The minimum absolute atomic E-state index is 0.0411. The lowest BCUT2D eigenvalue weighted by atomic mass is 9.93. The predicted octanol–water partition coefficient (Wildman–Crippen LogP) is 2.05. The molecule has 2 rings (SSSR count). The molecule has 0 aromatic carbocycles. The van der Waals surface area contributed by atoms with Crippen molar-refractivity contribution in [3.05, 3.63) is 17.5 Å². The minimum atomic E-state index is -4.12. The molecule has 24 heavy (non-hydrogen) atoms. The largest absolute Gasteiger partial charge is 0.401 e. The van der Waals surface area contributed by atoms with Gasteiger partial charge < -0.3 is 5.32 Å². The number of aromatic nitrogens is 2.